The Bertz CT molecular complexity index is 624. The van der Waals surface area contributed by atoms with Crippen LogP contribution in [-0.4, -0.2) is 11.1 Å². The van der Waals surface area contributed by atoms with Crippen molar-refractivity contribution in [1.82, 2.24) is 0 Å². The van der Waals surface area contributed by atoms with Gasteiger partial charge in [-0.05, 0) is 22.0 Å². The molecule has 0 saturated heterocycles. The summed E-state index contributed by atoms with van der Waals surface area (Å²) in [5, 5.41) is 13.8. The lowest BCUT2D eigenvalue weighted by Gasteiger charge is -2.10. The van der Waals surface area contributed by atoms with Crippen molar-refractivity contribution in [3.63, 3.8) is 0 Å². The van der Waals surface area contributed by atoms with Crippen molar-refractivity contribution < 1.29 is 9.94 Å². The van der Waals surface area contributed by atoms with Crippen molar-refractivity contribution in [2.75, 3.05) is 0 Å². The molecule has 0 aromatic heterocycles. The van der Waals surface area contributed by atoms with Crippen molar-refractivity contribution >= 4 is 22.4 Å². The van der Waals surface area contributed by atoms with Crippen LogP contribution >= 0.6 is 0 Å². The number of hydrogen-bond donors (Lipinski definition) is 1. The summed E-state index contributed by atoms with van der Waals surface area (Å²) in [4.78, 5) is 0. The molecule has 0 bridgehead atoms. The Morgan fingerprint density at radius 3 is 2.61 bits per heavy atom. The van der Waals surface area contributed by atoms with Crippen LogP contribution < -0.4 is 0 Å². The fourth-order valence-corrected chi connectivity index (χ4v) is 1.75. The molecule has 18 heavy (non-hydrogen) atoms. The molecule has 0 aliphatic heterocycles. The average Bonchev–Trinajstić information content (AvgIpc) is 2.43. The van der Waals surface area contributed by atoms with E-state index in [0.717, 1.165) is 16.3 Å². The maximum Gasteiger partial charge on any atom is 0.254 e. The van der Waals surface area contributed by atoms with Crippen LogP contribution in [0.25, 0.3) is 16.5 Å². The van der Waals surface area contributed by atoms with Gasteiger partial charge in [-0.25, -0.2) is 0 Å². The summed E-state index contributed by atoms with van der Waals surface area (Å²) >= 11 is 0. The summed E-state index contributed by atoms with van der Waals surface area (Å²) in [7, 11) is 0. The number of hydrogen-bond acceptors (Lipinski definition) is 3. The lowest BCUT2D eigenvalue weighted by molar-refractivity contribution is 0.302. The van der Waals surface area contributed by atoms with E-state index in [2.05, 4.69) is 18.3 Å². The number of fused-ring (bicyclic) bond motifs is 1. The Morgan fingerprint density at radius 2 is 1.89 bits per heavy atom. The Morgan fingerprint density at radius 1 is 1.17 bits per heavy atom. The van der Waals surface area contributed by atoms with E-state index in [4.69, 9.17) is 9.94 Å². The van der Waals surface area contributed by atoms with E-state index >= 15 is 0 Å². The van der Waals surface area contributed by atoms with Crippen LogP contribution in [0.3, 0.4) is 0 Å². The summed E-state index contributed by atoms with van der Waals surface area (Å²) in [6, 6.07) is 13.8. The molecule has 3 nitrogen and oxygen atoms in total. The van der Waals surface area contributed by atoms with Crippen LogP contribution in [-0.2, 0) is 4.74 Å². The quantitative estimate of drug-likeness (QED) is 0.291. The second-order valence-electron chi connectivity index (χ2n) is 3.69. The molecule has 0 aliphatic carbocycles. The first-order chi connectivity index (χ1) is 8.76. The third-order valence-electron chi connectivity index (χ3n) is 2.59. The highest BCUT2D eigenvalue weighted by Gasteiger charge is 2.07. The van der Waals surface area contributed by atoms with Crippen LogP contribution in [0.2, 0.25) is 0 Å². The topological polar surface area (TPSA) is 41.8 Å². The standard InChI is InChI=1S/C15H13NO2/c1-3-15(16-17)18-11(2)13-10-6-8-12-7-4-5-9-14(12)13/h3-10,17H,1-2H2. The molecule has 0 atom stereocenters. The molecule has 2 rings (SSSR count). The number of benzene rings is 2. The molecule has 3 heteroatoms. The smallest absolute Gasteiger partial charge is 0.254 e. The van der Waals surface area contributed by atoms with Gasteiger partial charge in [0.25, 0.3) is 5.90 Å². The van der Waals surface area contributed by atoms with E-state index in [1.54, 1.807) is 0 Å². The minimum atomic E-state index is 0.0212. The molecule has 0 fully saturated rings. The summed E-state index contributed by atoms with van der Waals surface area (Å²) in [5.41, 5.74) is 0.858. The average molecular weight is 239 g/mol. The lowest BCUT2D eigenvalue weighted by Crippen LogP contribution is -2.00. The number of rotatable bonds is 3. The lowest BCUT2D eigenvalue weighted by atomic mass is 10.0. The highest BCUT2D eigenvalue weighted by atomic mass is 16.5. The molecular weight excluding hydrogens is 226 g/mol. The minimum absolute atomic E-state index is 0.0212. The summed E-state index contributed by atoms with van der Waals surface area (Å²) in [6.45, 7) is 7.33. The summed E-state index contributed by atoms with van der Waals surface area (Å²) in [6.07, 6.45) is 1.32. The van der Waals surface area contributed by atoms with Gasteiger partial charge in [0.2, 0.25) is 0 Å². The number of ether oxygens (including phenoxy) is 1. The zero-order valence-corrected chi connectivity index (χ0v) is 9.84. The Kier molecular flexibility index (Phi) is 3.44. The molecule has 0 heterocycles. The largest absolute Gasteiger partial charge is 0.436 e. The van der Waals surface area contributed by atoms with Crippen molar-refractivity contribution in [3.8, 4) is 0 Å². The molecule has 2 aromatic rings. The van der Waals surface area contributed by atoms with Gasteiger partial charge in [0, 0.05) is 5.56 Å². The van der Waals surface area contributed by atoms with E-state index in [9.17, 15) is 0 Å². The normalized spacial score (nSPS) is 11.2. The zero-order valence-electron chi connectivity index (χ0n) is 9.84. The summed E-state index contributed by atoms with van der Waals surface area (Å²) in [5.74, 6) is 0.437. The minimum Gasteiger partial charge on any atom is -0.436 e. The fourth-order valence-electron chi connectivity index (χ4n) is 1.75. The maximum atomic E-state index is 8.69. The van der Waals surface area contributed by atoms with Crippen molar-refractivity contribution in [2.24, 2.45) is 5.16 Å². The Labute approximate surface area is 105 Å². The molecule has 2 aromatic carbocycles. The molecule has 0 amide bonds. The zero-order chi connectivity index (χ0) is 13.0. The van der Waals surface area contributed by atoms with E-state index in [1.807, 2.05) is 42.5 Å². The highest BCUT2D eigenvalue weighted by Crippen LogP contribution is 2.24. The van der Waals surface area contributed by atoms with Gasteiger partial charge in [-0.15, -0.1) is 0 Å². The van der Waals surface area contributed by atoms with Gasteiger partial charge in [-0.1, -0.05) is 55.6 Å². The van der Waals surface area contributed by atoms with Crippen molar-refractivity contribution in [3.05, 3.63) is 67.3 Å². The van der Waals surface area contributed by atoms with Gasteiger partial charge < -0.3 is 9.94 Å². The first-order valence-electron chi connectivity index (χ1n) is 5.45. The molecule has 0 saturated carbocycles. The van der Waals surface area contributed by atoms with Crippen LogP contribution in [0.1, 0.15) is 5.56 Å². The molecule has 0 radical (unpaired) electrons. The van der Waals surface area contributed by atoms with Gasteiger partial charge in [-0.2, -0.15) is 0 Å². The third kappa shape index (κ3) is 2.25. The van der Waals surface area contributed by atoms with E-state index in [-0.39, 0.29) is 5.90 Å². The van der Waals surface area contributed by atoms with E-state index in [0.29, 0.717) is 5.76 Å². The van der Waals surface area contributed by atoms with Gasteiger partial charge in [-0.3, -0.25) is 0 Å². The van der Waals surface area contributed by atoms with Gasteiger partial charge in [0.15, 0.2) is 0 Å². The van der Waals surface area contributed by atoms with E-state index in [1.165, 1.54) is 6.08 Å². The molecule has 0 aliphatic rings. The first kappa shape index (κ1) is 11.9. The SMILES string of the molecule is C=CC(=NO)OC(=C)c1cccc2ccccc12. The van der Waals surface area contributed by atoms with Gasteiger partial charge in [0.1, 0.15) is 5.76 Å². The fraction of sp³-hybridized carbons (Fsp3) is 0. The predicted molar refractivity (Wildman–Crippen MR) is 73.5 cm³/mol. The van der Waals surface area contributed by atoms with Crippen LogP contribution in [0.15, 0.2) is 66.9 Å². The monoisotopic (exact) mass is 239 g/mol. The predicted octanol–water partition coefficient (Wildman–Crippen LogP) is 3.80. The van der Waals surface area contributed by atoms with E-state index < -0.39 is 0 Å². The van der Waals surface area contributed by atoms with Crippen molar-refractivity contribution in [1.29, 1.82) is 0 Å². The van der Waals surface area contributed by atoms with Gasteiger partial charge in [0.05, 0.1) is 0 Å². The first-order valence-corrected chi connectivity index (χ1v) is 5.45. The van der Waals surface area contributed by atoms with Gasteiger partial charge >= 0.3 is 0 Å². The second kappa shape index (κ2) is 5.19. The van der Waals surface area contributed by atoms with Crippen LogP contribution in [0.4, 0.5) is 0 Å². The second-order valence-corrected chi connectivity index (χ2v) is 3.69. The molecular formula is C15H13NO2. The van der Waals surface area contributed by atoms with Crippen molar-refractivity contribution in [2.45, 2.75) is 0 Å². The molecule has 1 N–H and O–H groups in total. The Balaban J connectivity index is 2.42. The highest BCUT2D eigenvalue weighted by molar-refractivity contribution is 5.96. The third-order valence-corrected chi connectivity index (χ3v) is 2.59. The summed E-state index contributed by atoms with van der Waals surface area (Å²) < 4.78 is 5.33. The maximum absolute atomic E-state index is 8.69. The Hall–Kier alpha value is -2.55. The molecule has 90 valence electrons. The number of nitrogens with zero attached hydrogens (tertiary/aromatic N) is 1. The van der Waals surface area contributed by atoms with Crippen LogP contribution in [0.5, 0.6) is 0 Å². The molecule has 0 unspecified atom stereocenters. The molecule has 0 spiro atoms. The van der Waals surface area contributed by atoms with Crippen LogP contribution in [0, 0.1) is 0 Å². The number of oxime groups is 1.